The van der Waals surface area contributed by atoms with Crippen molar-refractivity contribution in [2.45, 2.75) is 45.2 Å². The molecule has 3 aliphatic rings. The predicted octanol–water partition coefficient (Wildman–Crippen LogP) is -0.475. The summed E-state index contributed by atoms with van der Waals surface area (Å²) in [5.74, 6) is -3.15. The van der Waals surface area contributed by atoms with Gasteiger partial charge in [-0.15, -0.1) is 5.06 Å². The predicted molar refractivity (Wildman–Crippen MR) is 133 cm³/mol. The smallest absolute Gasteiger partial charge is 0.334 e. The Morgan fingerprint density at radius 3 is 2.38 bits per heavy atom. The lowest BCUT2D eigenvalue weighted by atomic mass is 10.1. The molecule has 0 spiro atoms. The van der Waals surface area contributed by atoms with Gasteiger partial charge in [0.1, 0.15) is 31.4 Å². The number of quaternary nitrogens is 1. The van der Waals surface area contributed by atoms with Gasteiger partial charge in [0.15, 0.2) is 6.54 Å². The van der Waals surface area contributed by atoms with E-state index in [0.717, 1.165) is 9.87 Å². The van der Waals surface area contributed by atoms with Crippen molar-refractivity contribution in [3.63, 3.8) is 0 Å². The third kappa shape index (κ3) is 5.93. The summed E-state index contributed by atoms with van der Waals surface area (Å²) in [6, 6.07) is 5.78. The summed E-state index contributed by atoms with van der Waals surface area (Å²) < 4.78 is 26.5. The van der Waals surface area contributed by atoms with Crippen LogP contribution in [0.25, 0.3) is 0 Å². The Morgan fingerprint density at radius 2 is 1.77 bits per heavy atom. The summed E-state index contributed by atoms with van der Waals surface area (Å²) >= 11 is 0. The Labute approximate surface area is 224 Å². The normalized spacial score (nSPS) is 24.0. The largest absolute Gasteiger partial charge is 0.411 e. The number of nitrogens with zero attached hydrogens (tertiary/aromatic N) is 4. The van der Waals surface area contributed by atoms with Crippen LogP contribution in [-0.4, -0.2) is 101 Å². The van der Waals surface area contributed by atoms with Gasteiger partial charge in [0, 0.05) is 30.5 Å². The molecule has 0 aromatic heterocycles. The Morgan fingerprint density at radius 1 is 1.10 bits per heavy atom. The molecule has 2 unspecified atom stereocenters. The minimum Gasteiger partial charge on any atom is -0.411 e. The molecule has 210 valence electrons. The molecule has 0 radical (unpaired) electrons. The van der Waals surface area contributed by atoms with Crippen LogP contribution in [0, 0.1) is 0 Å². The maximum absolute atomic E-state index is 12.9. The fourth-order valence-corrected chi connectivity index (χ4v) is 6.82. The van der Waals surface area contributed by atoms with Crippen LogP contribution in [-0.2, 0) is 40.6 Å². The average Bonchev–Trinajstić information content (AvgIpc) is 3.34. The number of amides is 4. The molecule has 3 fully saturated rings. The topological polar surface area (TPSA) is 180 Å². The molecule has 1 aromatic rings. The molecule has 3 aliphatic heterocycles. The maximum atomic E-state index is 12.9. The first-order valence-electron chi connectivity index (χ1n) is 12.5. The Balaban J connectivity index is 1.33. The van der Waals surface area contributed by atoms with E-state index < -0.39 is 45.7 Å². The molecule has 0 saturated carbocycles. The molecule has 15 heteroatoms. The highest BCUT2D eigenvalue weighted by molar-refractivity contribution is 7.89. The van der Waals surface area contributed by atoms with Crippen LogP contribution in [0.5, 0.6) is 0 Å². The van der Waals surface area contributed by atoms with Crippen molar-refractivity contribution in [2.75, 3.05) is 31.9 Å². The summed E-state index contributed by atoms with van der Waals surface area (Å²) in [5.41, 5.74) is 1.36. The lowest BCUT2D eigenvalue weighted by Gasteiger charge is -2.39. The van der Waals surface area contributed by atoms with E-state index in [4.69, 9.17) is 4.84 Å². The van der Waals surface area contributed by atoms with Gasteiger partial charge in [-0.2, -0.15) is 0 Å². The molecule has 2 bridgehead atoms. The fraction of sp³-hybridized carbons (Fsp3) is 0.500. The number of sulfonamides is 1. The molecule has 4 rings (SSSR count). The van der Waals surface area contributed by atoms with E-state index in [9.17, 15) is 37.6 Å². The van der Waals surface area contributed by atoms with E-state index in [2.05, 4.69) is 10.5 Å². The number of carbonyl (C=O) groups is 5. The van der Waals surface area contributed by atoms with E-state index >= 15 is 0 Å². The molecular weight excluding hydrogens is 534 g/mol. The maximum Gasteiger partial charge on any atom is 0.334 e. The van der Waals surface area contributed by atoms with Crippen molar-refractivity contribution in [2.24, 2.45) is 5.16 Å². The second-order valence-electron chi connectivity index (χ2n) is 9.86. The molecule has 4 amide bonds. The Kier molecular flexibility index (Phi) is 8.02. The summed E-state index contributed by atoms with van der Waals surface area (Å²) in [6.07, 6.45) is 0.0986. The molecule has 2 N–H and O–H groups in total. The van der Waals surface area contributed by atoms with Gasteiger partial charge < -0.3 is 19.8 Å². The van der Waals surface area contributed by atoms with E-state index in [1.165, 1.54) is 0 Å². The molecule has 14 nitrogen and oxygen atoms in total. The van der Waals surface area contributed by atoms with Crippen molar-refractivity contribution in [3.05, 3.63) is 35.4 Å². The second-order valence-corrected chi connectivity index (χ2v) is 11.8. The number of hydroxylamine groups is 2. The third-order valence-corrected chi connectivity index (χ3v) is 8.86. The zero-order chi connectivity index (χ0) is 28.4. The SMILES string of the molecule is CCCS(=O)(=O)N1C(=O)C[N+]2(Cc3ccc(C(=O)NCCC(=O)ON4C(=O)CCC4=O)cc3)C/C(=N\O)C1C2. The number of hydrogen-bond donors (Lipinski definition) is 2. The van der Waals surface area contributed by atoms with Crippen LogP contribution in [0.15, 0.2) is 29.4 Å². The number of nitrogens with one attached hydrogen (secondary N) is 1. The average molecular weight is 565 g/mol. The van der Waals surface area contributed by atoms with Crippen LogP contribution < -0.4 is 5.32 Å². The number of carbonyl (C=O) groups excluding carboxylic acids is 5. The highest BCUT2D eigenvalue weighted by atomic mass is 32.2. The number of fused-ring (bicyclic) bond motifs is 2. The van der Waals surface area contributed by atoms with E-state index in [1.807, 2.05) is 0 Å². The highest BCUT2D eigenvalue weighted by Gasteiger charge is 2.56. The summed E-state index contributed by atoms with van der Waals surface area (Å²) in [7, 11) is -3.82. The van der Waals surface area contributed by atoms with Crippen LogP contribution >= 0.6 is 0 Å². The number of piperazine rings is 1. The minimum atomic E-state index is -3.82. The first-order valence-corrected chi connectivity index (χ1v) is 14.1. The van der Waals surface area contributed by atoms with Crippen molar-refractivity contribution >= 4 is 45.3 Å². The van der Waals surface area contributed by atoms with Crippen molar-refractivity contribution < 1.29 is 46.9 Å². The molecule has 3 heterocycles. The van der Waals surface area contributed by atoms with Crippen LogP contribution in [0.2, 0.25) is 0 Å². The number of benzene rings is 1. The lowest BCUT2D eigenvalue weighted by Crippen LogP contribution is -2.61. The number of hydrogen-bond acceptors (Lipinski definition) is 10. The van der Waals surface area contributed by atoms with E-state index in [-0.39, 0.29) is 54.8 Å². The van der Waals surface area contributed by atoms with Crippen LogP contribution in [0.3, 0.4) is 0 Å². The standard InChI is InChI=1S/C24H29N5O9S/c1-2-11-39(36,37)28-19-14-29(15-22(28)32,13-18(19)26-35)12-16-3-5-17(6-4-16)24(34)25-10-9-23(33)38-27-20(30)7-8-21(27)31/h3-6,19H,2,7-15H2,1H3,(H-,25,34,35)/p+1/b26-18+. The van der Waals surface area contributed by atoms with Crippen LogP contribution in [0.4, 0.5) is 0 Å². The van der Waals surface area contributed by atoms with Gasteiger partial charge in [-0.25, -0.2) is 17.5 Å². The Hall–Kier alpha value is -3.85. The van der Waals surface area contributed by atoms with Gasteiger partial charge in [-0.05, 0) is 18.6 Å². The highest BCUT2D eigenvalue weighted by Crippen LogP contribution is 2.32. The van der Waals surface area contributed by atoms with Crippen LogP contribution in [0.1, 0.15) is 48.5 Å². The zero-order valence-corrected chi connectivity index (χ0v) is 22.2. The molecule has 0 aliphatic carbocycles. The first kappa shape index (κ1) is 28.2. The summed E-state index contributed by atoms with van der Waals surface area (Å²) in [6.45, 7) is 2.46. The second kappa shape index (κ2) is 11.1. The number of rotatable bonds is 10. The third-order valence-electron chi connectivity index (χ3n) is 6.88. The summed E-state index contributed by atoms with van der Waals surface area (Å²) in [5, 5.41) is 15.9. The molecule has 2 atom stereocenters. The van der Waals surface area contributed by atoms with Gasteiger partial charge in [0.25, 0.3) is 23.6 Å². The lowest BCUT2D eigenvalue weighted by molar-refractivity contribution is -0.921. The molecule has 39 heavy (non-hydrogen) atoms. The van der Waals surface area contributed by atoms with Gasteiger partial charge in [0.05, 0.1) is 12.2 Å². The monoisotopic (exact) mass is 564 g/mol. The fourth-order valence-electron chi connectivity index (χ4n) is 5.16. The zero-order valence-electron chi connectivity index (χ0n) is 21.4. The quantitative estimate of drug-likeness (QED) is 0.164. The molecule has 1 aromatic carbocycles. The van der Waals surface area contributed by atoms with E-state index in [0.29, 0.717) is 30.1 Å². The summed E-state index contributed by atoms with van der Waals surface area (Å²) in [4.78, 5) is 65.0. The van der Waals surface area contributed by atoms with Crippen molar-refractivity contribution in [1.82, 2.24) is 14.7 Å². The number of oxime groups is 1. The van der Waals surface area contributed by atoms with Crippen molar-refractivity contribution in [3.8, 4) is 0 Å². The van der Waals surface area contributed by atoms with Gasteiger partial charge in [-0.3, -0.25) is 19.2 Å². The Bertz CT molecular complexity index is 1310. The van der Waals surface area contributed by atoms with E-state index in [1.54, 1.807) is 31.2 Å². The first-order chi connectivity index (χ1) is 18.5. The van der Waals surface area contributed by atoms with Crippen molar-refractivity contribution in [1.29, 1.82) is 0 Å². The molecular formula is C24H30N5O9S+. The molecule has 3 saturated heterocycles. The minimum absolute atomic E-state index is 0.00870. The van der Waals surface area contributed by atoms with Gasteiger partial charge >= 0.3 is 5.97 Å². The van der Waals surface area contributed by atoms with Gasteiger partial charge in [-0.1, -0.05) is 24.2 Å². The van der Waals surface area contributed by atoms with Gasteiger partial charge in [0.2, 0.25) is 10.0 Å². The number of imide groups is 1.